The lowest BCUT2D eigenvalue weighted by Crippen LogP contribution is -2.47. The van der Waals surface area contributed by atoms with E-state index in [1.54, 1.807) is 7.11 Å². The molecule has 7 heteroatoms. The number of hydrogen-bond donors (Lipinski definition) is 2. The maximum atomic E-state index is 12.5. The monoisotopic (exact) mass is 403 g/mol. The number of carbonyl (C=O) groups is 1. The van der Waals surface area contributed by atoms with Crippen molar-refractivity contribution >= 4 is 36.4 Å². The predicted octanol–water partition coefficient (Wildman–Crippen LogP) is 3.14. The van der Waals surface area contributed by atoms with Gasteiger partial charge in [-0.25, -0.2) is 0 Å². The molecule has 148 valence electrons. The van der Waals surface area contributed by atoms with Crippen LogP contribution in [-0.4, -0.2) is 38.2 Å². The van der Waals surface area contributed by atoms with Gasteiger partial charge in [0.2, 0.25) is 5.91 Å². The zero-order chi connectivity index (χ0) is 16.9. The fourth-order valence-corrected chi connectivity index (χ4v) is 3.94. The van der Waals surface area contributed by atoms with E-state index in [-0.39, 0.29) is 48.7 Å². The van der Waals surface area contributed by atoms with Gasteiger partial charge in [-0.3, -0.25) is 4.79 Å². The fourth-order valence-electron chi connectivity index (χ4n) is 3.94. The van der Waals surface area contributed by atoms with Gasteiger partial charge in [0.15, 0.2) is 0 Å². The van der Waals surface area contributed by atoms with E-state index >= 15 is 0 Å². The quantitative estimate of drug-likeness (QED) is 0.809. The molecule has 0 aromatic heterocycles. The van der Waals surface area contributed by atoms with Crippen molar-refractivity contribution in [2.45, 2.75) is 50.6 Å². The van der Waals surface area contributed by atoms with Gasteiger partial charge in [0, 0.05) is 31.1 Å². The molecule has 1 heterocycles. The van der Waals surface area contributed by atoms with Gasteiger partial charge >= 0.3 is 0 Å². The van der Waals surface area contributed by atoms with E-state index < -0.39 is 0 Å². The third kappa shape index (κ3) is 5.66. The van der Waals surface area contributed by atoms with Gasteiger partial charge in [-0.15, -0.1) is 24.8 Å². The first-order valence-corrected chi connectivity index (χ1v) is 9.11. The highest BCUT2D eigenvalue weighted by molar-refractivity contribution is 5.85. The van der Waals surface area contributed by atoms with Gasteiger partial charge in [0.25, 0.3) is 0 Å². The Labute approximate surface area is 168 Å². The van der Waals surface area contributed by atoms with Crippen molar-refractivity contribution in [3.63, 3.8) is 0 Å². The number of piperidine rings is 1. The van der Waals surface area contributed by atoms with Crippen LogP contribution in [0.5, 0.6) is 5.75 Å². The van der Waals surface area contributed by atoms with Crippen LogP contribution in [0.1, 0.15) is 38.5 Å². The Balaban J connectivity index is 0.00000169. The number of nitrogens with one attached hydrogen (secondary N) is 1. The van der Waals surface area contributed by atoms with Gasteiger partial charge in [0.1, 0.15) is 5.75 Å². The molecule has 1 amide bonds. The maximum absolute atomic E-state index is 12.5. The molecular weight excluding hydrogens is 373 g/mol. The van der Waals surface area contributed by atoms with E-state index in [0.717, 1.165) is 63.1 Å². The Morgan fingerprint density at radius 2 is 1.85 bits per heavy atom. The third-order valence-corrected chi connectivity index (χ3v) is 5.35. The van der Waals surface area contributed by atoms with Gasteiger partial charge < -0.3 is 20.7 Å². The first kappa shape index (κ1) is 22.9. The molecule has 0 bridgehead atoms. The Bertz CT molecular complexity index is 565. The molecular formula is C19H31Cl2N3O2. The second-order valence-electron chi connectivity index (χ2n) is 7.07. The van der Waals surface area contributed by atoms with E-state index in [1.165, 1.54) is 0 Å². The molecule has 0 spiro atoms. The Kier molecular flexibility index (Phi) is 9.55. The summed E-state index contributed by atoms with van der Waals surface area (Å²) in [6.45, 7) is 1.88. The molecule has 1 saturated carbocycles. The van der Waals surface area contributed by atoms with Crippen LogP contribution in [0.25, 0.3) is 0 Å². The number of halogens is 2. The van der Waals surface area contributed by atoms with Crippen molar-refractivity contribution < 1.29 is 9.53 Å². The predicted molar refractivity (Wildman–Crippen MR) is 111 cm³/mol. The number of anilines is 1. The number of rotatable bonds is 4. The van der Waals surface area contributed by atoms with E-state index in [2.05, 4.69) is 16.3 Å². The third-order valence-electron chi connectivity index (χ3n) is 5.35. The van der Waals surface area contributed by atoms with E-state index in [4.69, 9.17) is 10.5 Å². The van der Waals surface area contributed by atoms with Crippen LogP contribution in [0.3, 0.4) is 0 Å². The number of carbonyl (C=O) groups excluding carboxylic acids is 1. The van der Waals surface area contributed by atoms with Crippen molar-refractivity contribution in [1.29, 1.82) is 0 Å². The minimum atomic E-state index is 0. The molecule has 2 unspecified atom stereocenters. The van der Waals surface area contributed by atoms with E-state index in [9.17, 15) is 4.79 Å². The zero-order valence-electron chi connectivity index (χ0n) is 15.4. The SMILES string of the molecule is COc1ccccc1N1CCC(NC(=O)C2CCCC(N)C2)CC1.Cl.Cl. The first-order valence-electron chi connectivity index (χ1n) is 9.11. The summed E-state index contributed by atoms with van der Waals surface area (Å²) in [4.78, 5) is 14.8. The van der Waals surface area contributed by atoms with Crippen LogP contribution in [-0.2, 0) is 4.79 Å². The molecule has 1 aromatic carbocycles. The van der Waals surface area contributed by atoms with Crippen molar-refractivity contribution in [2.75, 3.05) is 25.1 Å². The summed E-state index contributed by atoms with van der Waals surface area (Å²) < 4.78 is 5.46. The molecule has 1 aromatic rings. The molecule has 1 saturated heterocycles. The standard InChI is InChI=1S/C19H29N3O2.2ClH/c1-24-18-8-3-2-7-17(18)22-11-9-16(10-12-22)21-19(23)14-5-4-6-15(20)13-14;;/h2-3,7-8,14-16H,4-6,9-13,20H2,1H3,(H,21,23);2*1H. The minimum Gasteiger partial charge on any atom is -0.495 e. The number of benzene rings is 1. The van der Waals surface area contributed by atoms with Crippen LogP contribution in [0.15, 0.2) is 24.3 Å². The van der Waals surface area contributed by atoms with Gasteiger partial charge in [-0.05, 0) is 44.2 Å². The Morgan fingerprint density at radius 1 is 1.15 bits per heavy atom. The minimum absolute atomic E-state index is 0. The Morgan fingerprint density at radius 3 is 2.50 bits per heavy atom. The molecule has 2 atom stereocenters. The zero-order valence-corrected chi connectivity index (χ0v) is 17.0. The average molecular weight is 404 g/mol. The lowest BCUT2D eigenvalue weighted by Gasteiger charge is -2.35. The van der Waals surface area contributed by atoms with Crippen molar-refractivity contribution in [3.8, 4) is 5.75 Å². The average Bonchev–Trinajstić information content (AvgIpc) is 2.62. The summed E-state index contributed by atoms with van der Waals surface area (Å²) in [7, 11) is 1.71. The maximum Gasteiger partial charge on any atom is 0.223 e. The molecule has 26 heavy (non-hydrogen) atoms. The van der Waals surface area contributed by atoms with Gasteiger partial charge in [-0.1, -0.05) is 18.6 Å². The molecule has 5 nitrogen and oxygen atoms in total. The van der Waals surface area contributed by atoms with Gasteiger partial charge in [0.05, 0.1) is 12.8 Å². The van der Waals surface area contributed by atoms with Crippen LogP contribution >= 0.6 is 24.8 Å². The summed E-state index contributed by atoms with van der Waals surface area (Å²) >= 11 is 0. The number of methoxy groups -OCH3 is 1. The summed E-state index contributed by atoms with van der Waals surface area (Å²) in [5.41, 5.74) is 7.15. The number of amides is 1. The van der Waals surface area contributed by atoms with E-state index in [0.29, 0.717) is 0 Å². The van der Waals surface area contributed by atoms with Crippen molar-refractivity contribution in [2.24, 2.45) is 11.7 Å². The number of hydrogen-bond acceptors (Lipinski definition) is 4. The molecule has 1 aliphatic heterocycles. The largest absolute Gasteiger partial charge is 0.495 e. The molecule has 2 aliphatic rings. The number of para-hydroxylation sites is 2. The molecule has 1 aliphatic carbocycles. The van der Waals surface area contributed by atoms with Crippen LogP contribution < -0.4 is 20.7 Å². The molecule has 3 N–H and O–H groups in total. The molecule has 2 fully saturated rings. The van der Waals surface area contributed by atoms with Gasteiger partial charge in [-0.2, -0.15) is 0 Å². The number of ether oxygens (including phenoxy) is 1. The fraction of sp³-hybridized carbons (Fsp3) is 0.632. The van der Waals surface area contributed by atoms with Crippen molar-refractivity contribution in [3.05, 3.63) is 24.3 Å². The number of nitrogens with two attached hydrogens (primary N) is 1. The van der Waals surface area contributed by atoms with Crippen LogP contribution in [0.4, 0.5) is 5.69 Å². The smallest absolute Gasteiger partial charge is 0.223 e. The highest BCUT2D eigenvalue weighted by atomic mass is 35.5. The summed E-state index contributed by atoms with van der Waals surface area (Å²) in [5.74, 6) is 1.23. The molecule has 0 radical (unpaired) electrons. The highest BCUT2D eigenvalue weighted by Crippen LogP contribution is 2.30. The number of nitrogens with zero attached hydrogens (tertiary/aromatic N) is 1. The van der Waals surface area contributed by atoms with E-state index in [1.807, 2.05) is 18.2 Å². The second kappa shape index (κ2) is 10.9. The lowest BCUT2D eigenvalue weighted by atomic mass is 9.85. The first-order chi connectivity index (χ1) is 11.7. The molecule has 3 rings (SSSR count). The summed E-state index contributed by atoms with van der Waals surface area (Å²) in [6, 6.07) is 8.60. The van der Waals surface area contributed by atoms with Crippen LogP contribution in [0.2, 0.25) is 0 Å². The topological polar surface area (TPSA) is 67.6 Å². The van der Waals surface area contributed by atoms with Crippen LogP contribution in [0, 0.1) is 5.92 Å². The summed E-state index contributed by atoms with van der Waals surface area (Å²) in [6.07, 6.45) is 5.91. The highest BCUT2D eigenvalue weighted by Gasteiger charge is 2.28. The summed E-state index contributed by atoms with van der Waals surface area (Å²) in [5, 5.41) is 3.26. The lowest BCUT2D eigenvalue weighted by molar-refractivity contribution is -0.127. The Hall–Kier alpha value is -1.17. The van der Waals surface area contributed by atoms with Crippen molar-refractivity contribution in [1.82, 2.24) is 5.32 Å². The normalized spacial score (nSPS) is 23.4. The second-order valence-corrected chi connectivity index (χ2v) is 7.07.